The zero-order chi connectivity index (χ0) is 23.4. The van der Waals surface area contributed by atoms with Crippen LogP contribution < -0.4 is 10.6 Å². The van der Waals surface area contributed by atoms with Crippen molar-refractivity contribution in [3.8, 4) is 0 Å². The number of nitrogens with zero attached hydrogens (tertiary/aromatic N) is 1. The third-order valence-electron chi connectivity index (χ3n) is 3.68. The molecule has 0 spiro atoms. The second-order valence-electron chi connectivity index (χ2n) is 6.44. The van der Waals surface area contributed by atoms with Crippen LogP contribution in [0.25, 0.3) is 0 Å². The average Bonchev–Trinajstić information content (AvgIpc) is 2.99. The van der Waals surface area contributed by atoms with Crippen LogP contribution in [0, 0.1) is 0 Å². The largest absolute Gasteiger partial charge is 0.445 e. The van der Waals surface area contributed by atoms with Gasteiger partial charge in [0.05, 0.1) is 6.16 Å². The Morgan fingerprint density at radius 1 is 1.19 bits per heavy atom. The van der Waals surface area contributed by atoms with Crippen LogP contribution in [0.15, 0.2) is 36.0 Å². The van der Waals surface area contributed by atoms with Gasteiger partial charge in [-0.25, -0.2) is 9.59 Å². The Bertz CT molecular complexity index is 800. The average molecular weight is 459 g/mol. The molecule has 1 rings (SSSR count). The van der Waals surface area contributed by atoms with E-state index in [4.69, 9.17) is 14.5 Å². The van der Waals surface area contributed by atoms with Gasteiger partial charge in [-0.1, -0.05) is 24.8 Å². The van der Waals surface area contributed by atoms with Gasteiger partial charge in [0.15, 0.2) is 0 Å². The van der Waals surface area contributed by atoms with Crippen LogP contribution in [0.1, 0.15) is 26.2 Å². The van der Waals surface area contributed by atoms with E-state index in [1.165, 1.54) is 0 Å². The molecule has 4 N–H and O–H groups in total. The maximum absolute atomic E-state index is 11.7. The van der Waals surface area contributed by atoms with E-state index in [1.54, 1.807) is 25.2 Å². The minimum absolute atomic E-state index is 0.00841. The first-order valence-corrected chi connectivity index (χ1v) is 11.1. The molecule has 31 heavy (non-hydrogen) atoms. The summed E-state index contributed by atoms with van der Waals surface area (Å²) >= 11 is 0. The topological polar surface area (TPSA) is 172 Å². The van der Waals surface area contributed by atoms with E-state index in [0.717, 1.165) is 0 Å². The number of rotatable bonds is 11. The summed E-state index contributed by atoms with van der Waals surface area (Å²) in [5, 5.41) is 5.15. The third-order valence-corrected chi connectivity index (χ3v) is 4.57. The molecule has 1 aliphatic rings. The molecule has 172 valence electrons. The summed E-state index contributed by atoms with van der Waals surface area (Å²) in [5.41, 5.74) is 0.979. The fraction of sp³-hybridized carbons (Fsp3) is 0.444. The maximum Gasteiger partial charge on any atom is 0.432 e. The number of hydrogen-bond donors (Lipinski definition) is 4. The van der Waals surface area contributed by atoms with Gasteiger partial charge in [0.1, 0.15) is 6.61 Å². The quantitative estimate of drug-likeness (QED) is 0.153. The molecule has 1 aliphatic heterocycles. The van der Waals surface area contributed by atoms with Gasteiger partial charge in [0.25, 0.3) is 11.8 Å². The molecular weight excluding hydrogens is 433 g/mol. The Hall–Kier alpha value is -2.95. The van der Waals surface area contributed by atoms with E-state index >= 15 is 0 Å². The van der Waals surface area contributed by atoms with Crippen LogP contribution in [0.3, 0.4) is 0 Å². The summed E-state index contributed by atoms with van der Waals surface area (Å²) in [5.74, 6) is -1.18. The molecule has 0 saturated carbocycles. The van der Waals surface area contributed by atoms with Gasteiger partial charge >= 0.3 is 19.8 Å². The number of allylic oxidation sites excluding steroid dienone is 1. The van der Waals surface area contributed by atoms with E-state index in [-0.39, 0.29) is 45.1 Å². The lowest BCUT2D eigenvalue weighted by Gasteiger charge is -2.13. The number of hydroxylamine groups is 2. The van der Waals surface area contributed by atoms with Crippen molar-refractivity contribution < 1.29 is 43.1 Å². The number of nitrogens with one attached hydrogen (secondary N) is 2. The Morgan fingerprint density at radius 2 is 1.84 bits per heavy atom. The Balaban J connectivity index is 2.42. The lowest BCUT2D eigenvalue weighted by molar-refractivity contribution is -0.171. The number of hydrogen-bond acceptors (Lipinski definition) is 7. The Labute approximate surface area is 179 Å². The normalized spacial score (nSPS) is 14.7. The molecule has 1 saturated heterocycles. The first kappa shape index (κ1) is 26.1. The molecule has 0 aliphatic carbocycles. The molecule has 0 unspecified atom stereocenters. The highest BCUT2D eigenvalue weighted by Gasteiger charge is 2.32. The third kappa shape index (κ3) is 11.1. The zero-order valence-corrected chi connectivity index (χ0v) is 17.9. The fourth-order valence-corrected chi connectivity index (χ4v) is 2.87. The highest BCUT2D eigenvalue weighted by atomic mass is 31.2. The molecule has 4 amide bonds. The minimum atomic E-state index is -4.11. The molecule has 0 aromatic rings. The molecule has 12 nitrogen and oxygen atoms in total. The van der Waals surface area contributed by atoms with Crippen LogP contribution in [-0.2, 0) is 23.7 Å². The van der Waals surface area contributed by atoms with E-state index < -0.39 is 31.6 Å². The number of amides is 4. The lowest BCUT2D eigenvalue weighted by atomic mass is 10.1. The second-order valence-corrected chi connectivity index (χ2v) is 8.21. The molecule has 0 bridgehead atoms. The number of carbonyl (C=O) groups is 4. The van der Waals surface area contributed by atoms with Crippen molar-refractivity contribution >= 4 is 31.6 Å². The number of imide groups is 1. The molecule has 13 heteroatoms. The van der Waals surface area contributed by atoms with Crippen LogP contribution in [0.4, 0.5) is 9.59 Å². The van der Waals surface area contributed by atoms with Crippen LogP contribution in [0.2, 0.25) is 0 Å². The standard InChI is InChI=1S/C18H26N3O9P/c1-3-5-14(12-29-17(24)19-8-4-9-31(26,27)28)10-13(2)11-20-18(25)30-21-15(22)6-7-16(21)23/h3,5,10H,2,4,6-9,11-12H2,1H3,(H,19,24)(H,20,25)(H2,26,27,28)/b5-3-,14-10+. The van der Waals surface area contributed by atoms with Crippen molar-refractivity contribution in [2.75, 3.05) is 25.9 Å². The van der Waals surface area contributed by atoms with Crippen molar-refractivity contribution in [1.82, 2.24) is 15.7 Å². The predicted octanol–water partition coefficient (Wildman–Crippen LogP) is 1.13. The Morgan fingerprint density at radius 3 is 2.42 bits per heavy atom. The minimum Gasteiger partial charge on any atom is -0.445 e. The SMILES string of the molecule is C=C(/C=C(\C=C/C)COC(=O)NCCCP(=O)(O)O)CNC(=O)ON1C(=O)CCC1=O. The number of alkyl carbamates (subject to hydrolysis) is 1. The number of carbonyl (C=O) groups excluding carboxylic acids is 4. The summed E-state index contributed by atoms with van der Waals surface area (Å²) < 4.78 is 15.8. The van der Waals surface area contributed by atoms with Gasteiger partial charge in [-0.2, -0.15) is 0 Å². The zero-order valence-electron chi connectivity index (χ0n) is 17.0. The monoisotopic (exact) mass is 459 g/mol. The van der Waals surface area contributed by atoms with Gasteiger partial charge in [0.2, 0.25) is 0 Å². The summed E-state index contributed by atoms with van der Waals surface area (Å²) in [6, 6.07) is 0. The first-order valence-electron chi connectivity index (χ1n) is 9.29. The second kappa shape index (κ2) is 12.7. The van der Waals surface area contributed by atoms with Crippen molar-refractivity contribution in [3.63, 3.8) is 0 Å². The van der Waals surface area contributed by atoms with Gasteiger partial charge in [-0.3, -0.25) is 14.2 Å². The van der Waals surface area contributed by atoms with Crippen LogP contribution >= 0.6 is 7.60 Å². The molecule has 1 fully saturated rings. The fourth-order valence-electron chi connectivity index (χ4n) is 2.30. The molecule has 0 atom stereocenters. The van der Waals surface area contributed by atoms with E-state index in [1.807, 2.05) is 0 Å². The van der Waals surface area contributed by atoms with Crippen molar-refractivity contribution in [1.29, 1.82) is 0 Å². The van der Waals surface area contributed by atoms with Gasteiger partial charge < -0.3 is 30.0 Å². The summed E-state index contributed by atoms with van der Waals surface area (Å²) in [4.78, 5) is 68.4. The van der Waals surface area contributed by atoms with Gasteiger partial charge in [0, 0.05) is 25.9 Å². The highest BCUT2D eigenvalue weighted by molar-refractivity contribution is 7.51. The van der Waals surface area contributed by atoms with Crippen molar-refractivity contribution in [2.24, 2.45) is 0 Å². The van der Waals surface area contributed by atoms with Crippen molar-refractivity contribution in [3.05, 3.63) is 36.0 Å². The summed E-state index contributed by atoms with van der Waals surface area (Å²) in [7, 11) is -4.11. The van der Waals surface area contributed by atoms with Gasteiger partial charge in [-0.05, 0) is 24.5 Å². The van der Waals surface area contributed by atoms with E-state index in [0.29, 0.717) is 16.2 Å². The summed E-state index contributed by atoms with van der Waals surface area (Å²) in [6.07, 6.45) is 2.92. The van der Waals surface area contributed by atoms with Crippen LogP contribution in [-0.4, -0.2) is 64.7 Å². The van der Waals surface area contributed by atoms with E-state index in [2.05, 4.69) is 22.1 Å². The molecule has 0 radical (unpaired) electrons. The van der Waals surface area contributed by atoms with E-state index in [9.17, 15) is 23.7 Å². The highest BCUT2D eigenvalue weighted by Crippen LogP contribution is 2.34. The predicted molar refractivity (Wildman–Crippen MR) is 108 cm³/mol. The number of ether oxygens (including phenoxy) is 1. The molecule has 1 heterocycles. The molecular formula is C18H26N3O9P. The molecule has 0 aromatic carbocycles. The van der Waals surface area contributed by atoms with Crippen molar-refractivity contribution in [2.45, 2.75) is 26.2 Å². The first-order chi connectivity index (χ1) is 14.5. The van der Waals surface area contributed by atoms with Gasteiger partial charge in [-0.15, -0.1) is 5.06 Å². The Kier molecular flexibility index (Phi) is 10.7. The lowest BCUT2D eigenvalue weighted by Crippen LogP contribution is -2.37. The molecule has 0 aromatic heterocycles. The summed E-state index contributed by atoms with van der Waals surface area (Å²) in [6.45, 7) is 5.39. The smallest absolute Gasteiger partial charge is 0.432 e. The van der Waals surface area contributed by atoms with Crippen LogP contribution in [0.5, 0.6) is 0 Å². The maximum atomic E-state index is 11.7.